The molecule has 0 amide bonds. The number of alkyl halides is 3. The first-order valence-electron chi connectivity index (χ1n) is 10.0. The summed E-state index contributed by atoms with van der Waals surface area (Å²) in [6.45, 7) is 5.87. The molecule has 0 saturated heterocycles. The van der Waals surface area contributed by atoms with Crippen molar-refractivity contribution < 1.29 is 23.1 Å². The zero-order valence-corrected chi connectivity index (χ0v) is 17.6. The van der Waals surface area contributed by atoms with Gasteiger partial charge in [0.05, 0.1) is 22.9 Å². The molecule has 3 aromatic rings. The second-order valence-electron chi connectivity index (χ2n) is 8.13. The third-order valence-electron chi connectivity index (χ3n) is 5.11. The number of aromatic nitrogens is 1. The van der Waals surface area contributed by atoms with Crippen molar-refractivity contribution in [2.24, 2.45) is 5.92 Å². The zero-order chi connectivity index (χ0) is 22.8. The molecule has 3 rings (SSSR count). The van der Waals surface area contributed by atoms with E-state index in [1.807, 2.05) is 45.0 Å². The Labute approximate surface area is 179 Å². The van der Waals surface area contributed by atoms with Gasteiger partial charge in [0.15, 0.2) is 0 Å². The molecule has 0 fully saturated rings. The maximum atomic E-state index is 12.9. The average Bonchev–Trinajstić information content (AvgIpc) is 2.71. The number of aryl methyl sites for hydroxylation is 1. The summed E-state index contributed by atoms with van der Waals surface area (Å²) >= 11 is 0. The molecule has 1 unspecified atom stereocenters. The lowest BCUT2D eigenvalue weighted by molar-refractivity contribution is -0.139. The average molecular weight is 427 g/mol. The Morgan fingerprint density at radius 2 is 1.42 bits per heavy atom. The summed E-state index contributed by atoms with van der Waals surface area (Å²) < 4.78 is 38.8. The summed E-state index contributed by atoms with van der Waals surface area (Å²) in [6, 6.07) is 15.9. The monoisotopic (exact) mass is 427 g/mol. The van der Waals surface area contributed by atoms with Gasteiger partial charge in [0.2, 0.25) is 0 Å². The number of rotatable bonds is 6. The molecule has 1 atom stereocenters. The van der Waals surface area contributed by atoms with Crippen LogP contribution in [0.3, 0.4) is 0 Å². The molecule has 3 nitrogen and oxygen atoms in total. The predicted octanol–water partition coefficient (Wildman–Crippen LogP) is 6.96. The molecule has 0 aliphatic heterocycles. The third kappa shape index (κ3) is 5.51. The predicted molar refractivity (Wildman–Crippen MR) is 115 cm³/mol. The second-order valence-corrected chi connectivity index (χ2v) is 8.13. The molecular weight excluding hydrogens is 403 g/mol. The number of carbonyl (C=O) groups is 1. The van der Waals surface area contributed by atoms with E-state index in [0.29, 0.717) is 28.9 Å². The van der Waals surface area contributed by atoms with Crippen molar-refractivity contribution in [2.45, 2.75) is 39.3 Å². The second kappa shape index (κ2) is 8.92. The number of benzene rings is 2. The Kier molecular flexibility index (Phi) is 6.48. The van der Waals surface area contributed by atoms with Gasteiger partial charge in [0.25, 0.3) is 0 Å². The van der Waals surface area contributed by atoms with Crippen LogP contribution in [-0.2, 0) is 11.0 Å². The molecule has 162 valence electrons. The minimum absolute atomic E-state index is 0.159. The largest absolute Gasteiger partial charge is 0.481 e. The van der Waals surface area contributed by atoms with Crippen LogP contribution in [0.25, 0.3) is 22.5 Å². The molecule has 1 aromatic heterocycles. The molecule has 0 saturated carbocycles. The van der Waals surface area contributed by atoms with Crippen LogP contribution in [0.2, 0.25) is 0 Å². The highest BCUT2D eigenvalue weighted by Gasteiger charge is 2.30. The number of hydrogen-bond acceptors (Lipinski definition) is 2. The smallest absolute Gasteiger partial charge is 0.416 e. The fourth-order valence-electron chi connectivity index (χ4n) is 3.45. The number of carboxylic acids is 1. The molecule has 6 heteroatoms. The fourth-order valence-corrected chi connectivity index (χ4v) is 3.45. The molecule has 1 heterocycles. The van der Waals surface area contributed by atoms with Gasteiger partial charge < -0.3 is 5.11 Å². The minimum atomic E-state index is -4.42. The van der Waals surface area contributed by atoms with E-state index < -0.39 is 23.6 Å². The maximum Gasteiger partial charge on any atom is 0.416 e. The van der Waals surface area contributed by atoms with Crippen molar-refractivity contribution in [3.05, 3.63) is 77.4 Å². The van der Waals surface area contributed by atoms with Gasteiger partial charge in [-0.25, -0.2) is 4.98 Å². The number of hydrogen-bond donors (Lipinski definition) is 1. The van der Waals surface area contributed by atoms with E-state index >= 15 is 0 Å². The quantitative estimate of drug-likeness (QED) is 0.463. The van der Waals surface area contributed by atoms with E-state index in [9.17, 15) is 23.1 Å². The number of carboxylic acid groups (broad SMARTS) is 1. The van der Waals surface area contributed by atoms with Crippen molar-refractivity contribution in [2.75, 3.05) is 0 Å². The van der Waals surface area contributed by atoms with Crippen LogP contribution < -0.4 is 0 Å². The third-order valence-corrected chi connectivity index (χ3v) is 5.11. The maximum absolute atomic E-state index is 12.9. The van der Waals surface area contributed by atoms with Gasteiger partial charge in [-0.1, -0.05) is 55.8 Å². The van der Waals surface area contributed by atoms with Crippen LogP contribution in [0.4, 0.5) is 13.2 Å². The van der Waals surface area contributed by atoms with Gasteiger partial charge in [-0.15, -0.1) is 0 Å². The summed E-state index contributed by atoms with van der Waals surface area (Å²) in [4.78, 5) is 16.6. The normalized spacial score (nSPS) is 12.7. The van der Waals surface area contributed by atoms with Gasteiger partial charge in [0, 0.05) is 11.1 Å². The topological polar surface area (TPSA) is 50.2 Å². The zero-order valence-electron chi connectivity index (χ0n) is 17.6. The SMILES string of the molecule is Cc1ccc(-c2cc(C(CC(C)C)C(=O)O)cc(-c3ccc(C(F)(F)F)cc3)n2)cc1. The Hall–Kier alpha value is -3.15. The van der Waals surface area contributed by atoms with Crippen LogP contribution in [-0.4, -0.2) is 16.1 Å². The van der Waals surface area contributed by atoms with E-state index in [-0.39, 0.29) is 5.92 Å². The molecule has 0 aliphatic rings. The summed E-state index contributed by atoms with van der Waals surface area (Å²) in [5, 5.41) is 9.82. The number of halogens is 3. The first kappa shape index (κ1) is 22.5. The molecule has 0 aliphatic carbocycles. The van der Waals surface area contributed by atoms with Crippen LogP contribution in [0.1, 0.15) is 42.9 Å². The standard InChI is InChI=1S/C25H24F3NO2/c1-15(2)12-21(24(30)31)19-13-22(17-6-4-16(3)5-7-17)29-23(14-19)18-8-10-20(11-9-18)25(26,27)28/h4-11,13-15,21H,12H2,1-3H3,(H,30,31). The van der Waals surface area contributed by atoms with Gasteiger partial charge in [-0.3, -0.25) is 4.79 Å². The first-order chi connectivity index (χ1) is 14.5. The summed E-state index contributed by atoms with van der Waals surface area (Å²) in [7, 11) is 0. The van der Waals surface area contributed by atoms with E-state index in [2.05, 4.69) is 4.98 Å². The van der Waals surface area contributed by atoms with Crippen molar-refractivity contribution in [3.8, 4) is 22.5 Å². The van der Waals surface area contributed by atoms with E-state index in [1.54, 1.807) is 12.1 Å². The van der Waals surface area contributed by atoms with Crippen LogP contribution >= 0.6 is 0 Å². The molecule has 1 N–H and O–H groups in total. The number of pyridine rings is 1. The lowest BCUT2D eigenvalue weighted by Gasteiger charge is -2.18. The highest BCUT2D eigenvalue weighted by atomic mass is 19.4. The molecule has 31 heavy (non-hydrogen) atoms. The highest BCUT2D eigenvalue weighted by molar-refractivity contribution is 5.78. The summed E-state index contributed by atoms with van der Waals surface area (Å²) in [5.41, 5.74) is 3.26. The molecule has 0 radical (unpaired) electrons. The number of aliphatic carboxylic acids is 1. The molecule has 2 aromatic carbocycles. The molecular formula is C25H24F3NO2. The van der Waals surface area contributed by atoms with E-state index in [4.69, 9.17) is 0 Å². The number of nitrogens with zero attached hydrogens (tertiary/aromatic N) is 1. The van der Waals surface area contributed by atoms with Crippen molar-refractivity contribution in [3.63, 3.8) is 0 Å². The minimum Gasteiger partial charge on any atom is -0.481 e. The Balaban J connectivity index is 2.14. The summed E-state index contributed by atoms with van der Waals surface area (Å²) in [5.74, 6) is -1.51. The van der Waals surface area contributed by atoms with E-state index in [0.717, 1.165) is 23.3 Å². The Morgan fingerprint density at radius 3 is 1.84 bits per heavy atom. The first-order valence-corrected chi connectivity index (χ1v) is 10.0. The van der Waals surface area contributed by atoms with Crippen molar-refractivity contribution >= 4 is 5.97 Å². The van der Waals surface area contributed by atoms with Crippen molar-refractivity contribution in [1.29, 1.82) is 0 Å². The van der Waals surface area contributed by atoms with Crippen LogP contribution in [0.15, 0.2) is 60.7 Å². The van der Waals surface area contributed by atoms with Crippen molar-refractivity contribution in [1.82, 2.24) is 4.98 Å². The van der Waals surface area contributed by atoms with E-state index in [1.165, 1.54) is 12.1 Å². The fraction of sp³-hybridized carbons (Fsp3) is 0.280. The van der Waals surface area contributed by atoms with Gasteiger partial charge in [-0.05, 0) is 49.1 Å². The van der Waals surface area contributed by atoms with Gasteiger partial charge >= 0.3 is 12.1 Å². The molecule has 0 bridgehead atoms. The lowest BCUT2D eigenvalue weighted by atomic mass is 9.89. The van der Waals surface area contributed by atoms with Gasteiger partial charge in [0.1, 0.15) is 0 Å². The summed E-state index contributed by atoms with van der Waals surface area (Å²) in [6.07, 6.45) is -3.98. The highest BCUT2D eigenvalue weighted by Crippen LogP contribution is 2.34. The Morgan fingerprint density at radius 1 is 0.935 bits per heavy atom. The van der Waals surface area contributed by atoms with Gasteiger partial charge in [-0.2, -0.15) is 13.2 Å². The lowest BCUT2D eigenvalue weighted by Crippen LogP contribution is -2.14. The molecule has 0 spiro atoms. The Bertz CT molecular complexity index is 1060. The van der Waals surface area contributed by atoms with Crippen LogP contribution in [0, 0.1) is 12.8 Å². The van der Waals surface area contributed by atoms with Crippen LogP contribution in [0.5, 0.6) is 0 Å².